The number of ether oxygens (including phenoxy) is 2. The van der Waals surface area contributed by atoms with Crippen molar-refractivity contribution in [2.45, 2.75) is 78.6 Å². The molecule has 0 N–H and O–H groups in total. The number of hydrogen-bond donors (Lipinski definition) is 0. The van der Waals surface area contributed by atoms with E-state index in [1.807, 2.05) is 42.2 Å². The lowest BCUT2D eigenvalue weighted by molar-refractivity contribution is -0.150. The third kappa shape index (κ3) is 5.50. The zero-order valence-corrected chi connectivity index (χ0v) is 24.3. The average molecular weight is 551 g/mol. The van der Waals surface area contributed by atoms with Crippen LogP contribution in [0, 0.1) is 17.3 Å². The Kier molecular flexibility index (Phi) is 8.50. The number of halogens is 1. The second-order valence-electron chi connectivity index (χ2n) is 12.3. The molecule has 0 unspecified atom stereocenters. The normalized spacial score (nSPS) is 26.9. The van der Waals surface area contributed by atoms with E-state index >= 15 is 0 Å². The Labute approximate surface area is 237 Å². The summed E-state index contributed by atoms with van der Waals surface area (Å²) in [4.78, 5) is 30.8. The number of rotatable bonds is 7. The van der Waals surface area contributed by atoms with E-state index in [0.717, 1.165) is 50.1 Å². The summed E-state index contributed by atoms with van der Waals surface area (Å²) >= 11 is 0. The average Bonchev–Trinajstić information content (AvgIpc) is 3.43. The van der Waals surface area contributed by atoms with Crippen LogP contribution in [-0.4, -0.2) is 54.1 Å². The van der Waals surface area contributed by atoms with Gasteiger partial charge in [-0.15, -0.1) is 0 Å². The molecule has 2 fully saturated rings. The second-order valence-corrected chi connectivity index (χ2v) is 12.3. The molecule has 6 nitrogen and oxygen atoms in total. The van der Waals surface area contributed by atoms with Crippen LogP contribution in [0.15, 0.2) is 42.5 Å². The van der Waals surface area contributed by atoms with Gasteiger partial charge in [-0.05, 0) is 92.3 Å². The van der Waals surface area contributed by atoms with E-state index in [4.69, 9.17) is 9.47 Å². The van der Waals surface area contributed by atoms with Crippen LogP contribution in [0.5, 0.6) is 5.75 Å². The van der Waals surface area contributed by atoms with Gasteiger partial charge in [0.15, 0.2) is 6.73 Å². The Morgan fingerprint density at radius 1 is 1.18 bits per heavy atom. The molecule has 1 saturated heterocycles. The highest BCUT2D eigenvalue weighted by atomic mass is 19.1. The van der Waals surface area contributed by atoms with Crippen molar-refractivity contribution in [1.82, 2.24) is 9.80 Å². The molecule has 2 aromatic carbocycles. The van der Waals surface area contributed by atoms with Crippen molar-refractivity contribution in [3.63, 3.8) is 0 Å². The number of alkyl halides is 1. The molecule has 0 spiro atoms. The van der Waals surface area contributed by atoms with Crippen molar-refractivity contribution in [2.75, 3.05) is 26.4 Å². The number of fused-ring (bicyclic) bond motifs is 1. The Balaban J connectivity index is 1.25. The minimum absolute atomic E-state index is 0.167. The first kappa shape index (κ1) is 28.6. The van der Waals surface area contributed by atoms with Gasteiger partial charge < -0.3 is 19.3 Å². The number of esters is 1. The fourth-order valence-corrected chi connectivity index (χ4v) is 7.27. The molecule has 3 aliphatic rings. The highest BCUT2D eigenvalue weighted by molar-refractivity contribution is 5.89. The van der Waals surface area contributed by atoms with Gasteiger partial charge in [-0.2, -0.15) is 0 Å². The third-order valence-corrected chi connectivity index (χ3v) is 9.64. The van der Waals surface area contributed by atoms with Crippen LogP contribution in [-0.2, 0) is 22.8 Å². The largest absolute Gasteiger partial charge is 0.473 e. The van der Waals surface area contributed by atoms with Crippen molar-refractivity contribution >= 4 is 11.9 Å². The van der Waals surface area contributed by atoms with E-state index < -0.39 is 12.1 Å². The maximum Gasteiger partial charge on any atom is 0.338 e. The molecule has 0 aromatic heterocycles. The molecule has 0 bridgehead atoms. The maximum absolute atomic E-state index is 14.1. The van der Waals surface area contributed by atoms with Crippen LogP contribution in [0.1, 0.15) is 86.3 Å². The number of piperidine rings is 1. The van der Waals surface area contributed by atoms with Crippen LogP contribution in [0.25, 0.3) is 0 Å². The summed E-state index contributed by atoms with van der Waals surface area (Å²) in [6.07, 6.45) is 3.77. The number of benzene rings is 2. The van der Waals surface area contributed by atoms with Gasteiger partial charge in [0.05, 0.1) is 24.1 Å². The van der Waals surface area contributed by atoms with E-state index in [9.17, 15) is 14.0 Å². The van der Waals surface area contributed by atoms with E-state index in [1.165, 1.54) is 5.56 Å². The molecule has 1 amide bonds. The molecule has 5 rings (SSSR count). The number of carbonyl (C=O) groups is 2. The number of hydrogen-bond acceptors (Lipinski definition) is 5. The zero-order chi connectivity index (χ0) is 28.4. The van der Waals surface area contributed by atoms with E-state index in [1.54, 1.807) is 6.07 Å². The first-order valence-corrected chi connectivity index (χ1v) is 14.9. The fourth-order valence-electron chi connectivity index (χ4n) is 7.27. The molecule has 2 heterocycles. The first-order valence-electron chi connectivity index (χ1n) is 14.9. The number of likely N-dealkylation sites (tertiary alicyclic amines) is 1. The van der Waals surface area contributed by atoms with Crippen molar-refractivity contribution in [3.05, 3.63) is 64.7 Å². The Morgan fingerprint density at radius 2 is 2.00 bits per heavy atom. The standard InChI is InChI=1S/C33H43FN2O4/c1-5-39-31(37)26-8-6-7-25(16-26)29-12-14-35(19-23(29)4)28-11-13-33(17-28,22(2)3)32(38)36-20-27-15-24(18-34)9-10-30(27)40-21-36/h6-10,15-16,22-23,28-29H,5,11-14,17-21H2,1-4H3/t23-,28-,29-,33+/m1/s1. The Hall–Kier alpha value is -2.93. The highest BCUT2D eigenvalue weighted by Crippen LogP contribution is 2.49. The van der Waals surface area contributed by atoms with Crippen molar-refractivity contribution in [1.29, 1.82) is 0 Å². The second kappa shape index (κ2) is 11.9. The zero-order valence-electron chi connectivity index (χ0n) is 24.3. The summed E-state index contributed by atoms with van der Waals surface area (Å²) in [5, 5.41) is 0. The predicted molar refractivity (Wildman–Crippen MR) is 153 cm³/mol. The molecule has 2 aromatic rings. The van der Waals surface area contributed by atoms with E-state index in [2.05, 4.69) is 31.7 Å². The summed E-state index contributed by atoms with van der Waals surface area (Å²) in [6.45, 7) is 11.0. The van der Waals surface area contributed by atoms with Crippen LogP contribution in [0.2, 0.25) is 0 Å². The summed E-state index contributed by atoms with van der Waals surface area (Å²) in [7, 11) is 0. The lowest BCUT2D eigenvalue weighted by Crippen LogP contribution is -2.49. The highest BCUT2D eigenvalue weighted by Gasteiger charge is 2.51. The van der Waals surface area contributed by atoms with Gasteiger partial charge in [0.25, 0.3) is 0 Å². The van der Waals surface area contributed by atoms with E-state index in [-0.39, 0.29) is 24.5 Å². The minimum atomic E-state index is -0.523. The summed E-state index contributed by atoms with van der Waals surface area (Å²) in [6, 6.07) is 13.7. The Bertz CT molecular complexity index is 1230. The lowest BCUT2D eigenvalue weighted by atomic mass is 9.74. The van der Waals surface area contributed by atoms with E-state index in [0.29, 0.717) is 42.2 Å². The molecule has 0 radical (unpaired) electrons. The van der Waals surface area contributed by atoms with Gasteiger partial charge in [0, 0.05) is 18.2 Å². The van der Waals surface area contributed by atoms with Gasteiger partial charge in [-0.3, -0.25) is 4.79 Å². The molecular formula is C33H43FN2O4. The number of carbonyl (C=O) groups excluding carboxylic acids is 2. The van der Waals surface area contributed by atoms with Crippen LogP contribution < -0.4 is 4.74 Å². The van der Waals surface area contributed by atoms with Gasteiger partial charge >= 0.3 is 5.97 Å². The van der Waals surface area contributed by atoms with Crippen LogP contribution in [0.3, 0.4) is 0 Å². The summed E-state index contributed by atoms with van der Waals surface area (Å²) in [5.41, 5.74) is 2.90. The third-order valence-electron chi connectivity index (χ3n) is 9.64. The summed E-state index contributed by atoms with van der Waals surface area (Å²) in [5.74, 6) is 1.69. The lowest BCUT2D eigenvalue weighted by Gasteiger charge is -2.42. The number of amides is 1. The number of nitrogens with zero attached hydrogens (tertiary/aromatic N) is 2. The van der Waals surface area contributed by atoms with Crippen LogP contribution in [0.4, 0.5) is 4.39 Å². The van der Waals surface area contributed by atoms with Gasteiger partial charge in [0.1, 0.15) is 12.4 Å². The molecule has 4 atom stereocenters. The fraction of sp³-hybridized carbons (Fsp3) is 0.576. The monoisotopic (exact) mass is 550 g/mol. The first-order chi connectivity index (χ1) is 19.3. The quantitative estimate of drug-likeness (QED) is 0.377. The summed E-state index contributed by atoms with van der Waals surface area (Å²) < 4.78 is 24.4. The molecule has 7 heteroatoms. The van der Waals surface area contributed by atoms with Gasteiger partial charge in [0.2, 0.25) is 5.91 Å². The Morgan fingerprint density at radius 3 is 2.73 bits per heavy atom. The van der Waals surface area contributed by atoms with Crippen molar-refractivity contribution in [2.24, 2.45) is 17.3 Å². The van der Waals surface area contributed by atoms with Crippen molar-refractivity contribution in [3.8, 4) is 5.75 Å². The molecule has 1 saturated carbocycles. The maximum atomic E-state index is 14.1. The topological polar surface area (TPSA) is 59.1 Å². The smallest absolute Gasteiger partial charge is 0.338 e. The minimum Gasteiger partial charge on any atom is -0.473 e. The molecule has 1 aliphatic carbocycles. The van der Waals surface area contributed by atoms with Gasteiger partial charge in [-0.25, -0.2) is 9.18 Å². The predicted octanol–water partition coefficient (Wildman–Crippen LogP) is 6.33. The molecule has 40 heavy (non-hydrogen) atoms. The molecular weight excluding hydrogens is 507 g/mol. The SMILES string of the molecule is CCOC(=O)c1cccc([C@@H]2CCN([C@@H]3CC[C@@](C(=O)N4COc5ccc(CF)cc5C4)(C(C)C)C3)C[C@H]2C)c1. The molecule has 2 aliphatic heterocycles. The van der Waals surface area contributed by atoms with Crippen molar-refractivity contribution < 1.29 is 23.5 Å². The molecule has 216 valence electrons. The van der Waals surface area contributed by atoms with Gasteiger partial charge in [-0.1, -0.05) is 39.0 Å². The van der Waals surface area contributed by atoms with Crippen LogP contribution >= 0.6 is 0 Å².